The predicted molar refractivity (Wildman–Crippen MR) is 86.6 cm³/mol. The highest BCUT2D eigenvalue weighted by Crippen LogP contribution is 2.36. The highest BCUT2D eigenvalue weighted by molar-refractivity contribution is 5.44. The Balaban J connectivity index is 1.84. The maximum absolute atomic E-state index is 12.5. The molecule has 0 unspecified atom stereocenters. The fourth-order valence-electron chi connectivity index (χ4n) is 3.85. The fraction of sp³-hybridized carbons (Fsp3) is 0.647. The first kappa shape index (κ1) is 14.0. The molecule has 2 aromatic heterocycles. The molecule has 0 atom stereocenters. The van der Waals surface area contributed by atoms with Crippen LogP contribution >= 0.6 is 0 Å². The highest BCUT2D eigenvalue weighted by Gasteiger charge is 2.25. The molecule has 0 spiro atoms. The lowest BCUT2D eigenvalue weighted by Gasteiger charge is -2.26. The summed E-state index contributed by atoms with van der Waals surface area (Å²) in [6, 6.07) is 3.98. The Labute approximate surface area is 130 Å². The summed E-state index contributed by atoms with van der Waals surface area (Å²) in [4.78, 5) is 12.5. The number of aromatic nitrogens is 3. The third-order valence-corrected chi connectivity index (χ3v) is 5.37. The largest absolute Gasteiger partial charge is 0.330 e. The highest BCUT2D eigenvalue weighted by atomic mass is 16.1. The average Bonchev–Trinajstić information content (AvgIpc) is 2.91. The van der Waals surface area contributed by atoms with Crippen LogP contribution in [0.15, 0.2) is 16.9 Å². The van der Waals surface area contributed by atoms with Crippen molar-refractivity contribution >= 4 is 5.65 Å². The van der Waals surface area contributed by atoms with Gasteiger partial charge in [-0.1, -0.05) is 6.42 Å². The third-order valence-electron chi connectivity index (χ3n) is 5.37. The molecule has 0 radical (unpaired) electrons. The molecule has 1 aliphatic carbocycles. The molecule has 2 aliphatic rings. The Hall–Kier alpha value is -1.62. The maximum Gasteiger partial charge on any atom is 0.274 e. The van der Waals surface area contributed by atoms with Gasteiger partial charge in [0.05, 0.1) is 5.69 Å². The SMILES string of the molecule is CCn1c(C2CCNCC2)cc(=O)n2nc(C3CCC3)cc12. The van der Waals surface area contributed by atoms with Crippen LogP contribution in [0, 0.1) is 0 Å². The number of hydrogen-bond acceptors (Lipinski definition) is 3. The van der Waals surface area contributed by atoms with Crippen molar-refractivity contribution in [2.45, 2.75) is 57.4 Å². The number of nitrogens with zero attached hydrogens (tertiary/aromatic N) is 3. The maximum atomic E-state index is 12.5. The predicted octanol–water partition coefficient (Wildman–Crippen LogP) is 2.25. The van der Waals surface area contributed by atoms with E-state index in [2.05, 4.69) is 28.0 Å². The van der Waals surface area contributed by atoms with Crippen LogP contribution in [0.3, 0.4) is 0 Å². The lowest BCUT2D eigenvalue weighted by Crippen LogP contribution is -2.30. The van der Waals surface area contributed by atoms with Gasteiger partial charge in [-0.25, -0.2) is 0 Å². The normalized spacial score (nSPS) is 20.4. The van der Waals surface area contributed by atoms with Gasteiger partial charge in [-0.15, -0.1) is 0 Å². The van der Waals surface area contributed by atoms with Gasteiger partial charge in [0.2, 0.25) is 0 Å². The van der Waals surface area contributed by atoms with Crippen LogP contribution in [-0.4, -0.2) is 27.3 Å². The van der Waals surface area contributed by atoms with Crippen molar-refractivity contribution in [1.29, 1.82) is 0 Å². The topological polar surface area (TPSA) is 51.3 Å². The zero-order valence-electron chi connectivity index (χ0n) is 13.2. The third kappa shape index (κ3) is 2.19. The number of rotatable bonds is 3. The van der Waals surface area contributed by atoms with E-state index in [4.69, 9.17) is 0 Å². The fourth-order valence-corrected chi connectivity index (χ4v) is 3.85. The molecular weight excluding hydrogens is 276 g/mol. The van der Waals surface area contributed by atoms with Crippen molar-refractivity contribution in [3.8, 4) is 0 Å². The Morgan fingerprint density at radius 2 is 1.95 bits per heavy atom. The summed E-state index contributed by atoms with van der Waals surface area (Å²) in [6.07, 6.45) is 5.94. The van der Waals surface area contributed by atoms with Crippen molar-refractivity contribution in [2.75, 3.05) is 13.1 Å². The summed E-state index contributed by atoms with van der Waals surface area (Å²) in [5.74, 6) is 1.05. The molecule has 0 bridgehead atoms. The summed E-state index contributed by atoms with van der Waals surface area (Å²) in [5.41, 5.74) is 3.30. The van der Waals surface area contributed by atoms with Crippen LogP contribution in [0.25, 0.3) is 5.65 Å². The lowest BCUT2D eigenvalue weighted by atomic mass is 9.83. The van der Waals surface area contributed by atoms with Crippen molar-refractivity contribution in [1.82, 2.24) is 19.5 Å². The molecule has 4 rings (SSSR count). The van der Waals surface area contributed by atoms with Gasteiger partial charge >= 0.3 is 0 Å². The van der Waals surface area contributed by atoms with Gasteiger partial charge < -0.3 is 9.88 Å². The Bertz CT molecular complexity index is 735. The molecule has 0 aromatic carbocycles. The minimum atomic E-state index is 0.0267. The first-order valence-electron chi connectivity index (χ1n) is 8.62. The molecule has 2 fully saturated rings. The van der Waals surface area contributed by atoms with Crippen molar-refractivity contribution in [3.05, 3.63) is 33.9 Å². The second-order valence-corrected chi connectivity index (χ2v) is 6.64. The summed E-state index contributed by atoms with van der Waals surface area (Å²) in [6.45, 7) is 5.13. The quantitative estimate of drug-likeness (QED) is 0.946. The Morgan fingerprint density at radius 3 is 2.59 bits per heavy atom. The Morgan fingerprint density at radius 1 is 1.18 bits per heavy atom. The number of nitrogens with one attached hydrogen (secondary N) is 1. The van der Waals surface area contributed by atoms with Gasteiger partial charge in [0.1, 0.15) is 5.65 Å². The van der Waals surface area contributed by atoms with E-state index in [9.17, 15) is 4.79 Å². The van der Waals surface area contributed by atoms with E-state index in [-0.39, 0.29) is 5.56 Å². The molecule has 5 heteroatoms. The van der Waals surface area contributed by atoms with E-state index in [1.165, 1.54) is 25.0 Å². The van der Waals surface area contributed by atoms with Crippen LogP contribution < -0.4 is 10.9 Å². The van der Waals surface area contributed by atoms with E-state index < -0.39 is 0 Å². The zero-order valence-corrected chi connectivity index (χ0v) is 13.2. The molecule has 1 aliphatic heterocycles. The van der Waals surface area contributed by atoms with Gasteiger partial charge in [0, 0.05) is 36.2 Å². The van der Waals surface area contributed by atoms with Crippen molar-refractivity contribution < 1.29 is 0 Å². The summed E-state index contributed by atoms with van der Waals surface area (Å²) >= 11 is 0. The molecule has 118 valence electrons. The first-order valence-corrected chi connectivity index (χ1v) is 8.62. The second-order valence-electron chi connectivity index (χ2n) is 6.64. The molecule has 0 amide bonds. The molecule has 5 nitrogen and oxygen atoms in total. The van der Waals surface area contributed by atoms with Crippen molar-refractivity contribution in [3.63, 3.8) is 0 Å². The summed E-state index contributed by atoms with van der Waals surface area (Å²) < 4.78 is 3.91. The van der Waals surface area contributed by atoms with Crippen LogP contribution in [0.5, 0.6) is 0 Å². The van der Waals surface area contributed by atoms with Crippen LogP contribution in [0.2, 0.25) is 0 Å². The molecule has 1 saturated carbocycles. The van der Waals surface area contributed by atoms with Crippen LogP contribution in [0.1, 0.15) is 62.3 Å². The smallest absolute Gasteiger partial charge is 0.274 e. The number of piperidine rings is 1. The molecule has 3 heterocycles. The first-order chi connectivity index (χ1) is 10.8. The van der Waals surface area contributed by atoms with E-state index in [0.717, 1.165) is 43.8 Å². The summed E-state index contributed by atoms with van der Waals surface area (Å²) in [7, 11) is 0. The van der Waals surface area contributed by atoms with Gasteiger partial charge in [0.15, 0.2) is 0 Å². The van der Waals surface area contributed by atoms with E-state index in [1.807, 2.05) is 6.07 Å². The number of aryl methyl sites for hydroxylation is 1. The van der Waals surface area contributed by atoms with E-state index in [1.54, 1.807) is 4.52 Å². The minimum Gasteiger partial charge on any atom is -0.330 e. The molecule has 2 aromatic rings. The minimum absolute atomic E-state index is 0.0267. The molecule has 1 N–H and O–H groups in total. The Kier molecular flexibility index (Phi) is 3.53. The molecule has 22 heavy (non-hydrogen) atoms. The average molecular weight is 300 g/mol. The van der Waals surface area contributed by atoms with Gasteiger partial charge in [0.25, 0.3) is 5.56 Å². The summed E-state index contributed by atoms with van der Waals surface area (Å²) in [5, 5.41) is 8.00. The molecular formula is C17H24N4O. The van der Waals surface area contributed by atoms with Gasteiger partial charge in [-0.2, -0.15) is 9.61 Å². The van der Waals surface area contributed by atoms with Crippen LogP contribution in [0.4, 0.5) is 0 Å². The van der Waals surface area contributed by atoms with Gasteiger partial charge in [-0.3, -0.25) is 4.79 Å². The number of fused-ring (bicyclic) bond motifs is 1. The standard InChI is InChI=1S/C17H24N4O/c1-2-20-15(13-6-8-18-9-7-13)11-17(22)21-16(20)10-14(19-21)12-4-3-5-12/h10-13,18H,2-9H2,1H3. The zero-order chi connectivity index (χ0) is 15.1. The monoisotopic (exact) mass is 300 g/mol. The van der Waals surface area contributed by atoms with Gasteiger partial charge in [-0.05, 0) is 45.7 Å². The molecule has 1 saturated heterocycles. The second kappa shape index (κ2) is 5.54. The lowest BCUT2D eigenvalue weighted by molar-refractivity contribution is 0.409. The van der Waals surface area contributed by atoms with E-state index >= 15 is 0 Å². The van der Waals surface area contributed by atoms with Crippen molar-refractivity contribution in [2.24, 2.45) is 0 Å². The van der Waals surface area contributed by atoms with E-state index in [0.29, 0.717) is 11.8 Å². The van der Waals surface area contributed by atoms with Crippen LogP contribution in [-0.2, 0) is 6.54 Å². The number of hydrogen-bond donors (Lipinski definition) is 1.